The average molecular weight is 995 g/mol. The highest BCUT2D eigenvalue weighted by molar-refractivity contribution is 7.26. The molecule has 2 aliphatic carbocycles. The van der Waals surface area contributed by atoms with E-state index < -0.39 is 5.60 Å². The third-order valence-electron chi connectivity index (χ3n) is 18.2. The topological polar surface area (TPSA) is 15.7 Å². The monoisotopic (exact) mass is 995 g/mol. The Hall–Kier alpha value is -6.82. The summed E-state index contributed by atoms with van der Waals surface area (Å²) >= 11 is 1.99. The summed E-state index contributed by atoms with van der Waals surface area (Å²) in [4.78, 5) is 5.24. The van der Waals surface area contributed by atoms with Gasteiger partial charge in [-0.2, -0.15) is 0 Å². The van der Waals surface area contributed by atoms with Gasteiger partial charge in [-0.15, -0.1) is 11.3 Å². The predicted octanol–water partition coefficient (Wildman–Crippen LogP) is 17.1. The van der Waals surface area contributed by atoms with E-state index in [1.165, 1.54) is 139 Å². The van der Waals surface area contributed by atoms with Gasteiger partial charge in [-0.25, -0.2) is 0 Å². The smallest absolute Gasteiger partial charge is 0.254 e. The molecule has 8 aromatic carbocycles. The molecule has 0 N–H and O–H groups in total. The van der Waals surface area contributed by atoms with Crippen molar-refractivity contribution in [3.8, 4) is 28.0 Å². The van der Waals surface area contributed by atoms with Crippen LogP contribution in [0.1, 0.15) is 132 Å². The Balaban J connectivity index is 1.09. The van der Waals surface area contributed by atoms with Gasteiger partial charge in [0.25, 0.3) is 6.71 Å². The van der Waals surface area contributed by atoms with Gasteiger partial charge in [-0.05, 0) is 169 Å². The van der Waals surface area contributed by atoms with E-state index in [0.29, 0.717) is 0 Å². The van der Waals surface area contributed by atoms with Crippen LogP contribution in [0.15, 0.2) is 152 Å². The van der Waals surface area contributed by atoms with Gasteiger partial charge in [0.15, 0.2) is 5.60 Å². The summed E-state index contributed by atoms with van der Waals surface area (Å²) in [7, 11) is 0. The zero-order valence-electron chi connectivity index (χ0n) is 45.8. The van der Waals surface area contributed by atoms with Crippen LogP contribution in [0.2, 0.25) is 0 Å². The largest absolute Gasteiger partial charge is 0.477 e. The molecular formula is C70H67BN2OS. The Morgan fingerprint density at radius 2 is 1.07 bits per heavy atom. The summed E-state index contributed by atoms with van der Waals surface area (Å²) in [6.45, 7) is 28.1. The highest BCUT2D eigenvalue weighted by Crippen LogP contribution is 2.58. The number of rotatable bonds is 3. The predicted molar refractivity (Wildman–Crippen MR) is 320 cm³/mol. The first-order valence-electron chi connectivity index (χ1n) is 27.4. The Bertz CT molecular complexity index is 3830. The lowest BCUT2D eigenvalue weighted by Crippen LogP contribution is -2.61. The minimum absolute atomic E-state index is 0.00612. The van der Waals surface area contributed by atoms with Crippen LogP contribution in [0.25, 0.3) is 32.3 Å². The van der Waals surface area contributed by atoms with Crippen molar-refractivity contribution in [2.45, 2.75) is 130 Å². The molecule has 5 aliphatic rings. The summed E-state index contributed by atoms with van der Waals surface area (Å²) in [6, 6.07) is 59.3. The number of ether oxygens (including phenoxy) is 1. The average Bonchev–Trinajstić information content (AvgIpc) is 4.02. The summed E-state index contributed by atoms with van der Waals surface area (Å²) < 4.78 is 9.06. The lowest BCUT2D eigenvalue weighted by atomic mass is 9.33. The number of hydrogen-bond donors (Lipinski definition) is 0. The second-order valence-corrected chi connectivity index (χ2v) is 27.2. The van der Waals surface area contributed by atoms with Crippen molar-refractivity contribution in [2.75, 3.05) is 9.80 Å². The van der Waals surface area contributed by atoms with Crippen LogP contribution < -0.4 is 30.9 Å². The first kappa shape index (κ1) is 46.7. The van der Waals surface area contributed by atoms with Gasteiger partial charge in [-0.1, -0.05) is 177 Å². The number of benzene rings is 8. The van der Waals surface area contributed by atoms with E-state index >= 15 is 0 Å². The first-order valence-corrected chi connectivity index (χ1v) is 28.2. The SMILES string of the molecule is Cc1ccc2c(c1)-c1cc(C)ccc1C21Cc2cc3c(cc2O1)N(c1ccc(C(C)(C)C)cc1)c1cc(-c2ccccc2)cc2c1B3c1c(sc3cc4c(cc13)C(C)(C)CCC4(C)C)N2c1ccc(C(C)(C)C)cc1. The van der Waals surface area contributed by atoms with E-state index in [0.717, 1.165) is 17.9 Å². The van der Waals surface area contributed by atoms with E-state index in [4.69, 9.17) is 4.74 Å². The minimum atomic E-state index is -0.629. The Morgan fingerprint density at radius 1 is 0.520 bits per heavy atom. The molecule has 3 aliphatic heterocycles. The molecule has 0 atom stereocenters. The first-order chi connectivity index (χ1) is 35.7. The van der Waals surface area contributed by atoms with E-state index in [9.17, 15) is 0 Å². The Morgan fingerprint density at radius 3 is 1.64 bits per heavy atom. The zero-order valence-corrected chi connectivity index (χ0v) is 46.7. The number of thiophene rings is 1. The summed E-state index contributed by atoms with van der Waals surface area (Å²) in [6.07, 6.45) is 3.11. The molecule has 1 aromatic heterocycles. The number of nitrogens with zero attached hydrogens (tertiary/aromatic N) is 2. The van der Waals surface area contributed by atoms with E-state index in [-0.39, 0.29) is 28.4 Å². The fraction of sp³-hybridized carbons (Fsp3) is 0.286. The van der Waals surface area contributed by atoms with Crippen LogP contribution in [-0.4, -0.2) is 6.71 Å². The van der Waals surface area contributed by atoms with Gasteiger partial charge in [0.1, 0.15) is 5.75 Å². The number of aryl methyl sites for hydroxylation is 2. The lowest BCUT2D eigenvalue weighted by molar-refractivity contribution is 0.145. The summed E-state index contributed by atoms with van der Waals surface area (Å²) in [5.74, 6) is 0.970. The molecular weight excluding hydrogens is 928 g/mol. The fourth-order valence-electron chi connectivity index (χ4n) is 13.8. The molecule has 4 heterocycles. The normalized spacial score (nSPS) is 17.0. The van der Waals surface area contributed by atoms with Crippen LogP contribution in [0, 0.1) is 13.8 Å². The Kier molecular flexibility index (Phi) is 9.74. The van der Waals surface area contributed by atoms with Crippen LogP contribution in [-0.2, 0) is 33.7 Å². The highest BCUT2D eigenvalue weighted by Gasteiger charge is 2.52. The third-order valence-corrected chi connectivity index (χ3v) is 19.3. The second kappa shape index (κ2) is 15.6. The molecule has 5 heteroatoms. The van der Waals surface area contributed by atoms with Gasteiger partial charge in [0, 0.05) is 56.8 Å². The molecule has 0 unspecified atom stereocenters. The maximum Gasteiger partial charge on any atom is 0.254 e. The standard InChI is InChI=1S/C70H67BN2OS/c1-41-18-28-53-50(32-41)51-33-42(2)19-29-54(51)70(53)40-45-34-57-58(39-61(45)74-70)72(48-24-20-46(21-25-48)66(3,4)5)59-35-44(43-16-14-13-15-17-43)36-60-64(59)71(57)63-52-37-55-56(69(11,12)31-30-68(55,9)10)38-62(52)75-65(63)73(60)49-26-22-47(23-27-49)67(6,7)8/h13-29,32-39H,30-31,40H2,1-12H3. The number of anilines is 6. The van der Waals surface area contributed by atoms with Crippen LogP contribution in [0.4, 0.5) is 33.4 Å². The quantitative estimate of drug-likeness (QED) is 0.164. The van der Waals surface area contributed by atoms with Crippen LogP contribution >= 0.6 is 11.3 Å². The maximum atomic E-state index is 7.69. The van der Waals surface area contributed by atoms with Crippen molar-refractivity contribution in [3.63, 3.8) is 0 Å². The molecule has 3 nitrogen and oxygen atoms in total. The minimum Gasteiger partial charge on any atom is -0.477 e. The van der Waals surface area contributed by atoms with Crippen LogP contribution in [0.5, 0.6) is 5.75 Å². The molecule has 0 saturated heterocycles. The van der Waals surface area contributed by atoms with E-state index in [1.54, 1.807) is 0 Å². The summed E-state index contributed by atoms with van der Waals surface area (Å²) in [5.41, 5.74) is 26.6. The summed E-state index contributed by atoms with van der Waals surface area (Å²) in [5, 5.41) is 2.70. The molecule has 0 radical (unpaired) electrons. The van der Waals surface area contributed by atoms with Crippen molar-refractivity contribution >= 4 is 78.0 Å². The highest BCUT2D eigenvalue weighted by atomic mass is 32.1. The van der Waals surface area contributed by atoms with Gasteiger partial charge in [-0.3, -0.25) is 0 Å². The molecule has 14 rings (SSSR count). The van der Waals surface area contributed by atoms with E-state index in [2.05, 4.69) is 245 Å². The zero-order chi connectivity index (χ0) is 51.9. The fourth-order valence-corrected chi connectivity index (χ4v) is 15.1. The molecule has 0 amide bonds. The third kappa shape index (κ3) is 6.85. The van der Waals surface area contributed by atoms with Crippen molar-refractivity contribution < 1.29 is 4.74 Å². The molecule has 0 fully saturated rings. The Labute approximate surface area is 449 Å². The van der Waals surface area contributed by atoms with Crippen LogP contribution in [0.3, 0.4) is 0 Å². The van der Waals surface area contributed by atoms with Crippen molar-refractivity contribution in [3.05, 3.63) is 202 Å². The van der Waals surface area contributed by atoms with Gasteiger partial charge in [0.2, 0.25) is 0 Å². The van der Waals surface area contributed by atoms with Crippen molar-refractivity contribution in [1.29, 1.82) is 0 Å². The van der Waals surface area contributed by atoms with Gasteiger partial charge in [0.05, 0.1) is 5.00 Å². The van der Waals surface area contributed by atoms with Gasteiger partial charge < -0.3 is 14.5 Å². The molecule has 9 aromatic rings. The maximum absolute atomic E-state index is 7.69. The number of fused-ring (bicyclic) bond motifs is 13. The molecule has 1 spiro atoms. The van der Waals surface area contributed by atoms with Gasteiger partial charge >= 0.3 is 0 Å². The lowest BCUT2D eigenvalue weighted by Gasteiger charge is -2.44. The van der Waals surface area contributed by atoms with Crippen molar-refractivity contribution in [1.82, 2.24) is 0 Å². The number of hydrogen-bond acceptors (Lipinski definition) is 4. The van der Waals surface area contributed by atoms with E-state index in [1.807, 2.05) is 11.3 Å². The molecule has 0 bridgehead atoms. The second-order valence-electron chi connectivity index (χ2n) is 26.2. The molecule has 372 valence electrons. The molecule has 75 heavy (non-hydrogen) atoms. The molecule has 0 saturated carbocycles. The van der Waals surface area contributed by atoms with Crippen molar-refractivity contribution in [2.24, 2.45) is 0 Å².